The fourth-order valence-corrected chi connectivity index (χ4v) is 4.63. The van der Waals surface area contributed by atoms with Crippen LogP contribution in [0.3, 0.4) is 0 Å². The van der Waals surface area contributed by atoms with Crippen molar-refractivity contribution in [1.82, 2.24) is 0 Å². The van der Waals surface area contributed by atoms with E-state index in [2.05, 4.69) is 83.3 Å². The standard InChI is InChI=1S/C22H23N2OS/c1-23-20-10-4-5-11-21(20)26-22(23)12-6-7-17-13-14-24(15-16-25)19-9-3-2-8-18(17)19/h2-12,25H,13-16H2,1H3/q+1. The minimum atomic E-state index is 0.190. The lowest BCUT2D eigenvalue weighted by molar-refractivity contribution is -0.642. The molecular weight excluding hydrogens is 340 g/mol. The van der Waals surface area contributed by atoms with E-state index < -0.39 is 0 Å². The van der Waals surface area contributed by atoms with E-state index in [0.29, 0.717) is 6.54 Å². The fraction of sp³-hybridized carbons (Fsp3) is 0.227. The highest BCUT2D eigenvalue weighted by Gasteiger charge is 2.19. The van der Waals surface area contributed by atoms with Gasteiger partial charge in [0, 0.05) is 36.5 Å². The molecule has 0 saturated heterocycles. The highest BCUT2D eigenvalue weighted by atomic mass is 32.1. The zero-order chi connectivity index (χ0) is 17.9. The number of β-amino-alcohol motifs (C(OH)–C–C–N with tert-alkyl or cyclic N) is 1. The molecule has 3 nitrogen and oxygen atoms in total. The number of fused-ring (bicyclic) bond motifs is 2. The number of aryl methyl sites for hydroxylation is 1. The second-order valence-electron chi connectivity index (χ2n) is 6.50. The highest BCUT2D eigenvalue weighted by molar-refractivity contribution is 7.18. The van der Waals surface area contributed by atoms with Crippen molar-refractivity contribution in [2.24, 2.45) is 7.05 Å². The summed E-state index contributed by atoms with van der Waals surface area (Å²) in [7, 11) is 2.12. The molecule has 0 atom stereocenters. The average molecular weight is 364 g/mol. The van der Waals surface area contributed by atoms with Crippen molar-refractivity contribution in [3.63, 3.8) is 0 Å². The van der Waals surface area contributed by atoms with Gasteiger partial charge in [-0.1, -0.05) is 53.8 Å². The minimum Gasteiger partial charge on any atom is -0.395 e. The first-order valence-corrected chi connectivity index (χ1v) is 9.79. The summed E-state index contributed by atoms with van der Waals surface area (Å²) in [5.41, 5.74) is 5.12. The van der Waals surface area contributed by atoms with Gasteiger partial charge in [0.25, 0.3) is 5.01 Å². The van der Waals surface area contributed by atoms with E-state index in [9.17, 15) is 5.11 Å². The number of hydrogen-bond donors (Lipinski definition) is 1. The van der Waals surface area contributed by atoms with Crippen LogP contribution in [0.25, 0.3) is 21.9 Å². The summed E-state index contributed by atoms with van der Waals surface area (Å²) in [6, 6.07) is 17.0. The van der Waals surface area contributed by atoms with E-state index in [1.807, 2.05) is 11.3 Å². The Morgan fingerprint density at radius 1 is 1.15 bits per heavy atom. The maximum atomic E-state index is 9.29. The van der Waals surface area contributed by atoms with Crippen molar-refractivity contribution in [2.45, 2.75) is 6.42 Å². The molecular formula is C22H23N2OS+. The molecule has 26 heavy (non-hydrogen) atoms. The number of benzene rings is 2. The summed E-state index contributed by atoms with van der Waals surface area (Å²) in [6.07, 6.45) is 7.60. The molecule has 1 aromatic heterocycles. The molecule has 0 fully saturated rings. The van der Waals surface area contributed by atoms with Crippen molar-refractivity contribution in [2.75, 3.05) is 24.6 Å². The molecule has 0 spiro atoms. The lowest BCUT2D eigenvalue weighted by atomic mass is 9.95. The molecule has 1 aliphatic rings. The third-order valence-corrected chi connectivity index (χ3v) is 6.10. The van der Waals surface area contributed by atoms with E-state index in [1.54, 1.807) is 0 Å². The van der Waals surface area contributed by atoms with Crippen molar-refractivity contribution in [3.8, 4) is 0 Å². The number of hydrogen-bond acceptors (Lipinski definition) is 3. The van der Waals surface area contributed by atoms with Gasteiger partial charge in [0.15, 0.2) is 0 Å². The van der Waals surface area contributed by atoms with Crippen molar-refractivity contribution in [3.05, 3.63) is 71.3 Å². The van der Waals surface area contributed by atoms with Crippen LogP contribution in [0, 0.1) is 0 Å². The first-order valence-electron chi connectivity index (χ1n) is 8.98. The topological polar surface area (TPSA) is 27.4 Å². The van der Waals surface area contributed by atoms with Crippen molar-refractivity contribution >= 4 is 38.9 Å². The number of allylic oxidation sites excluding steroid dienone is 2. The molecule has 0 aliphatic carbocycles. The van der Waals surface area contributed by atoms with Gasteiger partial charge < -0.3 is 10.0 Å². The summed E-state index contributed by atoms with van der Waals surface area (Å²) in [5.74, 6) is 0. The Morgan fingerprint density at radius 3 is 2.81 bits per heavy atom. The fourth-order valence-electron chi connectivity index (χ4n) is 3.57. The Labute approximate surface area is 158 Å². The van der Waals surface area contributed by atoms with Crippen LogP contribution in [0.2, 0.25) is 0 Å². The van der Waals surface area contributed by atoms with Gasteiger partial charge in [-0.25, -0.2) is 0 Å². The summed E-state index contributed by atoms with van der Waals surface area (Å²) in [6.45, 7) is 1.83. The number of anilines is 1. The summed E-state index contributed by atoms with van der Waals surface area (Å²) in [5, 5.41) is 10.5. The lowest BCUT2D eigenvalue weighted by Gasteiger charge is -2.32. The van der Waals surface area contributed by atoms with Gasteiger partial charge >= 0.3 is 0 Å². The van der Waals surface area contributed by atoms with Crippen LogP contribution in [0.1, 0.15) is 17.0 Å². The number of aliphatic hydroxyl groups is 1. The van der Waals surface area contributed by atoms with Gasteiger partial charge in [0.05, 0.1) is 6.61 Å². The van der Waals surface area contributed by atoms with Crippen LogP contribution in [-0.2, 0) is 7.05 Å². The monoisotopic (exact) mass is 363 g/mol. The molecule has 3 aromatic rings. The molecule has 0 radical (unpaired) electrons. The van der Waals surface area contributed by atoms with Crippen LogP contribution in [0.5, 0.6) is 0 Å². The molecule has 4 rings (SSSR count). The Morgan fingerprint density at radius 2 is 1.96 bits per heavy atom. The predicted octanol–water partition coefficient (Wildman–Crippen LogP) is 4.03. The van der Waals surface area contributed by atoms with Gasteiger partial charge in [-0.15, -0.1) is 0 Å². The molecule has 1 aliphatic heterocycles. The lowest BCUT2D eigenvalue weighted by Crippen LogP contribution is -2.31. The predicted molar refractivity (Wildman–Crippen MR) is 110 cm³/mol. The molecule has 0 unspecified atom stereocenters. The van der Waals surface area contributed by atoms with Gasteiger partial charge in [0.1, 0.15) is 11.7 Å². The molecule has 0 saturated carbocycles. The second kappa shape index (κ2) is 7.44. The summed E-state index contributed by atoms with van der Waals surface area (Å²) >= 11 is 1.81. The van der Waals surface area contributed by atoms with Crippen LogP contribution in [0.15, 0.2) is 60.7 Å². The smallest absolute Gasteiger partial charge is 0.262 e. The quantitative estimate of drug-likeness (QED) is 0.709. The largest absolute Gasteiger partial charge is 0.395 e. The number of para-hydroxylation sites is 2. The van der Waals surface area contributed by atoms with Crippen LogP contribution < -0.4 is 9.47 Å². The zero-order valence-corrected chi connectivity index (χ0v) is 15.7. The van der Waals surface area contributed by atoms with E-state index in [-0.39, 0.29) is 6.61 Å². The van der Waals surface area contributed by atoms with E-state index >= 15 is 0 Å². The SMILES string of the molecule is C[n+]1c(/C=C/C=C2\CCN(CCO)c3ccccc32)sc2ccccc21. The molecule has 132 valence electrons. The van der Waals surface area contributed by atoms with Gasteiger partial charge in [-0.2, -0.15) is 4.57 Å². The highest BCUT2D eigenvalue weighted by Crippen LogP contribution is 2.34. The first kappa shape index (κ1) is 17.0. The number of thiazole rings is 1. The Bertz CT molecular complexity index is 987. The van der Waals surface area contributed by atoms with E-state index in [0.717, 1.165) is 13.0 Å². The number of nitrogens with zero attached hydrogens (tertiary/aromatic N) is 2. The molecule has 0 bridgehead atoms. The van der Waals surface area contributed by atoms with Crippen molar-refractivity contribution in [1.29, 1.82) is 0 Å². The van der Waals surface area contributed by atoms with Crippen LogP contribution >= 0.6 is 11.3 Å². The normalized spacial score (nSPS) is 15.9. The molecule has 0 amide bonds. The van der Waals surface area contributed by atoms with Crippen LogP contribution in [0.4, 0.5) is 5.69 Å². The Kier molecular flexibility index (Phi) is 4.87. The third kappa shape index (κ3) is 3.18. The molecule has 1 N–H and O–H groups in total. The van der Waals surface area contributed by atoms with E-state index in [4.69, 9.17) is 0 Å². The number of aromatic nitrogens is 1. The Balaban J connectivity index is 1.63. The van der Waals surface area contributed by atoms with Crippen molar-refractivity contribution < 1.29 is 9.67 Å². The maximum absolute atomic E-state index is 9.29. The number of aliphatic hydroxyl groups excluding tert-OH is 1. The maximum Gasteiger partial charge on any atom is 0.262 e. The first-order chi connectivity index (χ1) is 12.8. The van der Waals surface area contributed by atoms with Gasteiger partial charge in [-0.05, 0) is 24.1 Å². The van der Waals surface area contributed by atoms with Crippen LogP contribution in [-0.4, -0.2) is 24.8 Å². The molecule has 4 heteroatoms. The summed E-state index contributed by atoms with van der Waals surface area (Å²) in [4.78, 5) is 2.27. The molecule has 2 heterocycles. The van der Waals surface area contributed by atoms with Gasteiger partial charge in [-0.3, -0.25) is 0 Å². The van der Waals surface area contributed by atoms with E-state index in [1.165, 1.54) is 32.0 Å². The van der Waals surface area contributed by atoms with Gasteiger partial charge in [0.2, 0.25) is 5.52 Å². The molecule has 2 aromatic carbocycles. The number of rotatable bonds is 4. The second-order valence-corrected chi connectivity index (χ2v) is 7.56. The third-order valence-electron chi connectivity index (χ3n) is 4.92. The Hall–Kier alpha value is -2.43. The average Bonchev–Trinajstić information content (AvgIpc) is 3.00. The minimum absolute atomic E-state index is 0.190. The zero-order valence-electron chi connectivity index (χ0n) is 14.9. The summed E-state index contributed by atoms with van der Waals surface area (Å²) < 4.78 is 3.55.